The normalized spacial score (nSPS) is 23.4. The molecule has 1 aliphatic carbocycles. The number of hydrogen-bond donors (Lipinski definition) is 1. The predicted molar refractivity (Wildman–Crippen MR) is 98.7 cm³/mol. The lowest BCUT2D eigenvalue weighted by molar-refractivity contribution is -0.120. The van der Waals surface area contributed by atoms with Gasteiger partial charge in [-0.1, -0.05) is 56.1 Å². The Morgan fingerprint density at radius 3 is 2.80 bits per heavy atom. The number of aromatic nitrogens is 4. The van der Waals surface area contributed by atoms with E-state index in [4.69, 9.17) is 0 Å². The molecule has 1 heterocycles. The van der Waals surface area contributed by atoms with Crippen LogP contribution < -0.4 is 5.32 Å². The lowest BCUT2D eigenvalue weighted by Gasteiger charge is -2.34. The number of amides is 1. The van der Waals surface area contributed by atoms with Crippen molar-refractivity contribution in [3.63, 3.8) is 0 Å². The summed E-state index contributed by atoms with van der Waals surface area (Å²) in [5.74, 6) is 1.57. The topological polar surface area (TPSA) is 72.7 Å². The third kappa shape index (κ3) is 4.39. The Morgan fingerprint density at radius 1 is 1.28 bits per heavy atom. The van der Waals surface area contributed by atoms with Crippen LogP contribution in [0, 0.1) is 18.8 Å². The zero-order chi connectivity index (χ0) is 17.8. The van der Waals surface area contributed by atoms with Crippen molar-refractivity contribution in [1.82, 2.24) is 25.5 Å². The van der Waals surface area contributed by atoms with Crippen molar-refractivity contribution in [3.8, 4) is 5.69 Å². The van der Waals surface area contributed by atoms with E-state index >= 15 is 0 Å². The van der Waals surface area contributed by atoms with Gasteiger partial charge >= 0.3 is 0 Å². The van der Waals surface area contributed by atoms with Gasteiger partial charge < -0.3 is 5.32 Å². The summed E-state index contributed by atoms with van der Waals surface area (Å²) in [6, 6.07) is 8.26. The molecule has 0 saturated heterocycles. The maximum absolute atomic E-state index is 12.3. The average molecular weight is 359 g/mol. The first kappa shape index (κ1) is 17.9. The van der Waals surface area contributed by atoms with Gasteiger partial charge in [-0.05, 0) is 47.7 Å². The molecule has 1 fully saturated rings. The van der Waals surface area contributed by atoms with Crippen molar-refractivity contribution in [2.45, 2.75) is 51.2 Å². The van der Waals surface area contributed by atoms with Crippen LogP contribution in [0.2, 0.25) is 0 Å². The number of rotatable bonds is 5. The van der Waals surface area contributed by atoms with E-state index in [2.05, 4.69) is 34.7 Å². The van der Waals surface area contributed by atoms with Gasteiger partial charge in [-0.25, -0.2) is 0 Å². The highest BCUT2D eigenvalue weighted by Crippen LogP contribution is 2.29. The molecule has 2 aromatic rings. The minimum absolute atomic E-state index is 0.0504. The summed E-state index contributed by atoms with van der Waals surface area (Å²) in [4.78, 5) is 12.3. The second-order valence-electron chi connectivity index (χ2n) is 6.94. The summed E-state index contributed by atoms with van der Waals surface area (Å²) in [5.41, 5.74) is 2.08. The van der Waals surface area contributed by atoms with Crippen molar-refractivity contribution in [2.75, 3.05) is 5.75 Å². The first-order chi connectivity index (χ1) is 12.0. The molecule has 25 heavy (non-hydrogen) atoms. The molecule has 1 N–H and O–H groups in total. The zero-order valence-corrected chi connectivity index (χ0v) is 15.8. The van der Waals surface area contributed by atoms with Crippen LogP contribution in [0.25, 0.3) is 5.69 Å². The molecule has 1 aliphatic rings. The highest BCUT2D eigenvalue weighted by atomic mass is 32.2. The van der Waals surface area contributed by atoms with Crippen molar-refractivity contribution < 1.29 is 4.79 Å². The second-order valence-corrected chi connectivity index (χ2v) is 7.88. The fourth-order valence-electron chi connectivity index (χ4n) is 3.28. The molecule has 1 saturated carbocycles. The number of hydrogen-bond acceptors (Lipinski definition) is 5. The number of benzene rings is 1. The third-order valence-electron chi connectivity index (χ3n) is 5.11. The maximum Gasteiger partial charge on any atom is 0.230 e. The number of nitrogens with one attached hydrogen (secondary N) is 1. The molecule has 0 unspecified atom stereocenters. The molecule has 0 bridgehead atoms. The van der Waals surface area contributed by atoms with Crippen molar-refractivity contribution in [1.29, 1.82) is 0 Å². The maximum atomic E-state index is 12.3. The van der Waals surface area contributed by atoms with E-state index in [1.165, 1.54) is 30.2 Å². The molecule has 134 valence electrons. The summed E-state index contributed by atoms with van der Waals surface area (Å²) >= 11 is 1.37. The molecule has 1 aromatic carbocycles. The van der Waals surface area contributed by atoms with E-state index in [0.29, 0.717) is 22.7 Å². The third-order valence-corrected chi connectivity index (χ3v) is 6.02. The van der Waals surface area contributed by atoms with Gasteiger partial charge in [-0.3, -0.25) is 4.79 Å². The summed E-state index contributed by atoms with van der Waals surface area (Å²) in [6.07, 6.45) is 3.52. The Labute approximate surface area is 152 Å². The van der Waals surface area contributed by atoms with Crippen molar-refractivity contribution in [2.24, 2.45) is 11.8 Å². The molecule has 0 aliphatic heterocycles. The monoisotopic (exact) mass is 359 g/mol. The van der Waals surface area contributed by atoms with Crippen LogP contribution in [0.5, 0.6) is 0 Å². The minimum atomic E-state index is 0.0504. The predicted octanol–water partition coefficient (Wildman–Crippen LogP) is 3.00. The van der Waals surface area contributed by atoms with Gasteiger partial charge in [-0.15, -0.1) is 5.10 Å². The summed E-state index contributed by atoms with van der Waals surface area (Å²) in [5, 5.41) is 15.6. The SMILES string of the molecule is Cc1ccc(-n2nnnc2SCC(=O)N[C@H]2CCC[C@H](C)[C@@H]2C)cc1. The van der Waals surface area contributed by atoms with Crippen LogP contribution in [0.4, 0.5) is 0 Å². The molecule has 3 atom stereocenters. The van der Waals surface area contributed by atoms with Gasteiger partial charge in [-0.2, -0.15) is 4.68 Å². The Kier molecular flexibility index (Phi) is 5.73. The van der Waals surface area contributed by atoms with Crippen LogP contribution in [-0.4, -0.2) is 37.9 Å². The van der Waals surface area contributed by atoms with Crippen molar-refractivity contribution in [3.05, 3.63) is 29.8 Å². The van der Waals surface area contributed by atoms with Gasteiger partial charge in [0.1, 0.15) is 0 Å². The molecule has 0 radical (unpaired) electrons. The average Bonchev–Trinajstić information content (AvgIpc) is 3.06. The minimum Gasteiger partial charge on any atom is -0.352 e. The molecular weight excluding hydrogens is 334 g/mol. The smallest absolute Gasteiger partial charge is 0.230 e. The molecule has 6 nitrogen and oxygen atoms in total. The number of thioether (sulfide) groups is 1. The highest BCUT2D eigenvalue weighted by molar-refractivity contribution is 7.99. The zero-order valence-electron chi connectivity index (χ0n) is 15.0. The first-order valence-electron chi connectivity index (χ1n) is 8.82. The van der Waals surface area contributed by atoms with Gasteiger partial charge in [0, 0.05) is 6.04 Å². The number of nitrogens with zero attached hydrogens (tertiary/aromatic N) is 4. The van der Waals surface area contributed by atoms with Gasteiger partial charge in [0.15, 0.2) is 0 Å². The molecule has 0 spiro atoms. The number of aryl methyl sites for hydroxylation is 1. The highest BCUT2D eigenvalue weighted by Gasteiger charge is 2.28. The van der Waals surface area contributed by atoms with E-state index in [1.807, 2.05) is 31.2 Å². The Balaban J connectivity index is 1.58. The van der Waals surface area contributed by atoms with E-state index in [0.717, 1.165) is 12.1 Å². The van der Waals surface area contributed by atoms with Crippen molar-refractivity contribution >= 4 is 17.7 Å². The molecular formula is C18H25N5OS. The van der Waals surface area contributed by atoms with Crippen LogP contribution >= 0.6 is 11.8 Å². The summed E-state index contributed by atoms with van der Waals surface area (Å²) in [6.45, 7) is 6.55. The van der Waals surface area contributed by atoms with Crippen LogP contribution in [0.1, 0.15) is 38.7 Å². The number of tetrazole rings is 1. The fourth-order valence-corrected chi connectivity index (χ4v) is 3.98. The first-order valence-corrected chi connectivity index (χ1v) is 9.80. The van der Waals surface area contributed by atoms with Gasteiger partial charge in [0.05, 0.1) is 11.4 Å². The lowest BCUT2D eigenvalue weighted by atomic mass is 9.78. The van der Waals surface area contributed by atoms with Gasteiger partial charge in [0.2, 0.25) is 11.1 Å². The molecule has 1 amide bonds. The Hall–Kier alpha value is -1.89. The fraction of sp³-hybridized carbons (Fsp3) is 0.556. The van der Waals surface area contributed by atoms with E-state index < -0.39 is 0 Å². The summed E-state index contributed by atoms with van der Waals surface area (Å²) in [7, 11) is 0. The van der Waals surface area contributed by atoms with Gasteiger partial charge in [0.25, 0.3) is 0 Å². The standard InChI is InChI=1S/C18H25N5OS/c1-12-7-9-15(10-8-12)23-18(20-21-22-23)25-11-17(24)19-16-6-4-5-13(2)14(16)3/h7-10,13-14,16H,4-6,11H2,1-3H3,(H,19,24)/t13-,14-,16-/m0/s1. The molecule has 1 aromatic heterocycles. The van der Waals surface area contributed by atoms with Crippen LogP contribution in [-0.2, 0) is 4.79 Å². The second kappa shape index (κ2) is 7.99. The summed E-state index contributed by atoms with van der Waals surface area (Å²) < 4.78 is 1.67. The quantitative estimate of drug-likeness (QED) is 0.831. The Bertz CT molecular complexity index is 715. The largest absolute Gasteiger partial charge is 0.352 e. The molecule has 3 rings (SSSR count). The van der Waals surface area contributed by atoms with E-state index in [-0.39, 0.29) is 11.9 Å². The van der Waals surface area contributed by atoms with Crippen LogP contribution in [0.15, 0.2) is 29.4 Å². The number of carbonyl (C=O) groups excluding carboxylic acids is 1. The number of carbonyl (C=O) groups is 1. The van der Waals surface area contributed by atoms with Crippen LogP contribution in [0.3, 0.4) is 0 Å². The molecule has 7 heteroatoms. The van der Waals surface area contributed by atoms with E-state index in [1.54, 1.807) is 4.68 Å². The Morgan fingerprint density at radius 2 is 2.04 bits per heavy atom. The lowest BCUT2D eigenvalue weighted by Crippen LogP contribution is -2.44. The van der Waals surface area contributed by atoms with E-state index in [9.17, 15) is 4.79 Å².